The van der Waals surface area contributed by atoms with Gasteiger partial charge in [0, 0.05) is 19.9 Å². The molecule has 0 aliphatic heterocycles. The van der Waals surface area contributed by atoms with Crippen molar-refractivity contribution in [1.29, 1.82) is 0 Å². The van der Waals surface area contributed by atoms with Crippen molar-refractivity contribution in [3.63, 3.8) is 0 Å². The molecule has 2 N–H and O–H groups in total. The third-order valence-corrected chi connectivity index (χ3v) is 2.64. The summed E-state index contributed by atoms with van der Waals surface area (Å²) in [7, 11) is 1.83. The van der Waals surface area contributed by atoms with E-state index in [0.717, 1.165) is 12.0 Å². The van der Waals surface area contributed by atoms with E-state index in [9.17, 15) is 0 Å². The highest BCUT2D eigenvalue weighted by atomic mass is 16.5. The molecule has 0 amide bonds. The lowest BCUT2D eigenvalue weighted by Crippen LogP contribution is -2.39. The Balaban J connectivity index is 2.11. The van der Waals surface area contributed by atoms with Crippen LogP contribution in [0.15, 0.2) is 16.9 Å². The zero-order valence-electron chi connectivity index (χ0n) is 11.5. The van der Waals surface area contributed by atoms with Crippen LogP contribution in [0.2, 0.25) is 0 Å². The Kier molecular flexibility index (Phi) is 3.96. The van der Waals surface area contributed by atoms with Crippen molar-refractivity contribution in [3.05, 3.63) is 18.2 Å². The van der Waals surface area contributed by atoms with Crippen molar-refractivity contribution in [3.8, 4) is 11.5 Å². The highest BCUT2D eigenvalue weighted by Gasteiger charge is 2.28. The standard InChI is InChI=1S/C12H19N5O2/c1-4-5-18-8-12(2,13)11-15-10(19-16-11)9-6-14-17(3)7-9/h6-7H,4-5,8,13H2,1-3H3. The van der Waals surface area contributed by atoms with E-state index in [0.29, 0.717) is 24.9 Å². The second kappa shape index (κ2) is 5.50. The molecule has 0 saturated carbocycles. The zero-order chi connectivity index (χ0) is 13.9. The maximum Gasteiger partial charge on any atom is 0.261 e. The molecule has 19 heavy (non-hydrogen) atoms. The number of nitrogens with two attached hydrogens (primary N) is 1. The smallest absolute Gasteiger partial charge is 0.261 e. The number of nitrogens with zero attached hydrogens (tertiary/aromatic N) is 4. The number of ether oxygens (including phenoxy) is 1. The normalized spacial score (nSPS) is 14.5. The topological polar surface area (TPSA) is 92.0 Å². The third-order valence-electron chi connectivity index (χ3n) is 2.64. The molecule has 0 aliphatic carbocycles. The molecule has 0 spiro atoms. The van der Waals surface area contributed by atoms with Gasteiger partial charge in [-0.1, -0.05) is 12.1 Å². The lowest BCUT2D eigenvalue weighted by Gasteiger charge is -2.19. The molecule has 1 unspecified atom stereocenters. The first-order valence-electron chi connectivity index (χ1n) is 6.23. The van der Waals surface area contributed by atoms with Crippen molar-refractivity contribution in [2.24, 2.45) is 12.8 Å². The van der Waals surface area contributed by atoms with Gasteiger partial charge in [-0.25, -0.2) is 0 Å². The molecular formula is C12H19N5O2. The lowest BCUT2D eigenvalue weighted by molar-refractivity contribution is 0.0867. The van der Waals surface area contributed by atoms with E-state index in [1.165, 1.54) is 0 Å². The Bertz CT molecular complexity index is 532. The average Bonchev–Trinajstić information content (AvgIpc) is 2.97. The molecule has 0 radical (unpaired) electrons. The first kappa shape index (κ1) is 13.7. The van der Waals surface area contributed by atoms with Crippen LogP contribution in [-0.4, -0.2) is 33.1 Å². The van der Waals surface area contributed by atoms with Gasteiger partial charge in [-0.15, -0.1) is 0 Å². The van der Waals surface area contributed by atoms with Crippen molar-refractivity contribution in [2.75, 3.05) is 13.2 Å². The Labute approximate surface area is 111 Å². The average molecular weight is 265 g/mol. The van der Waals surface area contributed by atoms with Gasteiger partial charge in [0.2, 0.25) is 0 Å². The van der Waals surface area contributed by atoms with Gasteiger partial charge < -0.3 is 15.0 Å². The summed E-state index contributed by atoms with van der Waals surface area (Å²) in [6.45, 7) is 4.89. The monoisotopic (exact) mass is 265 g/mol. The zero-order valence-corrected chi connectivity index (χ0v) is 11.5. The minimum absolute atomic E-state index is 0.354. The molecular weight excluding hydrogens is 246 g/mol. The summed E-state index contributed by atoms with van der Waals surface area (Å²) in [4.78, 5) is 4.31. The highest BCUT2D eigenvalue weighted by Crippen LogP contribution is 2.20. The van der Waals surface area contributed by atoms with E-state index in [-0.39, 0.29) is 0 Å². The minimum Gasteiger partial charge on any atom is -0.379 e. The largest absolute Gasteiger partial charge is 0.379 e. The fourth-order valence-electron chi connectivity index (χ4n) is 1.60. The third kappa shape index (κ3) is 3.18. The Morgan fingerprint density at radius 1 is 1.53 bits per heavy atom. The Hall–Kier alpha value is -1.73. The first-order chi connectivity index (χ1) is 9.03. The van der Waals surface area contributed by atoms with E-state index in [2.05, 4.69) is 15.2 Å². The summed E-state index contributed by atoms with van der Waals surface area (Å²) in [5.74, 6) is 0.845. The van der Waals surface area contributed by atoms with Gasteiger partial charge in [-0.05, 0) is 13.3 Å². The summed E-state index contributed by atoms with van der Waals surface area (Å²) in [5.41, 5.74) is 6.15. The van der Waals surface area contributed by atoms with E-state index in [1.54, 1.807) is 17.1 Å². The molecule has 2 aromatic rings. The molecule has 0 bridgehead atoms. The van der Waals surface area contributed by atoms with Gasteiger partial charge in [0.05, 0.1) is 18.4 Å². The van der Waals surface area contributed by atoms with Crippen LogP contribution in [0.1, 0.15) is 26.1 Å². The maximum atomic E-state index is 6.14. The van der Waals surface area contributed by atoms with Crippen LogP contribution in [0.3, 0.4) is 0 Å². The van der Waals surface area contributed by atoms with Crippen LogP contribution >= 0.6 is 0 Å². The number of aromatic nitrogens is 4. The summed E-state index contributed by atoms with van der Waals surface area (Å²) in [6.07, 6.45) is 4.42. The fraction of sp³-hybridized carbons (Fsp3) is 0.583. The van der Waals surface area contributed by atoms with Crippen molar-refractivity contribution in [2.45, 2.75) is 25.8 Å². The lowest BCUT2D eigenvalue weighted by atomic mass is 10.1. The number of hydrogen-bond acceptors (Lipinski definition) is 6. The van der Waals surface area contributed by atoms with Gasteiger partial charge in [-0.3, -0.25) is 4.68 Å². The molecule has 0 saturated heterocycles. The van der Waals surface area contributed by atoms with Crippen LogP contribution in [0, 0.1) is 0 Å². The SMILES string of the molecule is CCCOCC(C)(N)c1noc(-c2cnn(C)c2)n1. The van der Waals surface area contributed by atoms with Crippen LogP contribution in [-0.2, 0) is 17.3 Å². The molecule has 2 aromatic heterocycles. The van der Waals surface area contributed by atoms with Gasteiger partial charge in [0.25, 0.3) is 5.89 Å². The van der Waals surface area contributed by atoms with Crippen LogP contribution < -0.4 is 5.73 Å². The van der Waals surface area contributed by atoms with E-state index in [4.69, 9.17) is 15.0 Å². The first-order valence-corrected chi connectivity index (χ1v) is 6.23. The summed E-state index contributed by atoms with van der Waals surface area (Å²) in [6, 6.07) is 0. The van der Waals surface area contributed by atoms with Gasteiger partial charge in [0.15, 0.2) is 5.82 Å². The predicted octanol–water partition coefficient (Wildman–Crippen LogP) is 1.07. The number of aryl methyl sites for hydroxylation is 1. The van der Waals surface area contributed by atoms with Crippen LogP contribution in [0.5, 0.6) is 0 Å². The highest BCUT2D eigenvalue weighted by molar-refractivity contribution is 5.49. The quantitative estimate of drug-likeness (QED) is 0.785. The summed E-state index contributed by atoms with van der Waals surface area (Å²) >= 11 is 0. The number of rotatable bonds is 6. The van der Waals surface area contributed by atoms with Crippen LogP contribution in [0.25, 0.3) is 11.5 Å². The maximum absolute atomic E-state index is 6.14. The molecule has 0 aromatic carbocycles. The van der Waals surface area contributed by atoms with Gasteiger partial charge in [-0.2, -0.15) is 10.1 Å². The molecule has 2 heterocycles. The fourth-order valence-corrected chi connectivity index (χ4v) is 1.60. The summed E-state index contributed by atoms with van der Waals surface area (Å²) in [5, 5.41) is 7.98. The van der Waals surface area contributed by atoms with Crippen molar-refractivity contribution >= 4 is 0 Å². The predicted molar refractivity (Wildman–Crippen MR) is 69.1 cm³/mol. The molecule has 7 heteroatoms. The van der Waals surface area contributed by atoms with E-state index < -0.39 is 5.54 Å². The Morgan fingerprint density at radius 2 is 2.32 bits per heavy atom. The molecule has 0 aliphatic rings. The molecule has 7 nitrogen and oxygen atoms in total. The number of hydrogen-bond donors (Lipinski definition) is 1. The van der Waals surface area contributed by atoms with Crippen molar-refractivity contribution < 1.29 is 9.26 Å². The minimum atomic E-state index is -0.765. The Morgan fingerprint density at radius 3 is 2.95 bits per heavy atom. The molecule has 2 rings (SSSR count). The second-order valence-electron chi connectivity index (χ2n) is 4.80. The van der Waals surface area contributed by atoms with E-state index in [1.807, 2.05) is 20.9 Å². The molecule has 104 valence electrons. The molecule has 1 atom stereocenters. The van der Waals surface area contributed by atoms with E-state index >= 15 is 0 Å². The second-order valence-corrected chi connectivity index (χ2v) is 4.80. The van der Waals surface area contributed by atoms with Gasteiger partial charge in [0.1, 0.15) is 5.54 Å². The van der Waals surface area contributed by atoms with Crippen LogP contribution in [0.4, 0.5) is 0 Å². The van der Waals surface area contributed by atoms with Gasteiger partial charge >= 0.3 is 0 Å². The molecule has 0 fully saturated rings. The van der Waals surface area contributed by atoms with Crippen molar-refractivity contribution in [1.82, 2.24) is 19.9 Å². The summed E-state index contributed by atoms with van der Waals surface area (Å²) < 4.78 is 12.3.